The molecule has 1 unspecified atom stereocenters. The van der Waals surface area contributed by atoms with Crippen LogP contribution in [0.3, 0.4) is 0 Å². The second-order valence-corrected chi connectivity index (χ2v) is 6.47. The van der Waals surface area contributed by atoms with Gasteiger partial charge in [-0.25, -0.2) is 4.39 Å². The molecule has 0 saturated heterocycles. The highest BCUT2D eigenvalue weighted by Crippen LogP contribution is 2.31. The van der Waals surface area contributed by atoms with Gasteiger partial charge in [-0.15, -0.1) is 0 Å². The summed E-state index contributed by atoms with van der Waals surface area (Å²) in [6.07, 6.45) is 0.273. The lowest BCUT2D eigenvalue weighted by molar-refractivity contribution is -0.126. The number of fused-ring (bicyclic) bond motifs is 1. The number of hydrogen-bond donors (Lipinski definition) is 2. The molecule has 0 radical (unpaired) electrons. The number of primary amides is 1. The van der Waals surface area contributed by atoms with Crippen molar-refractivity contribution in [2.24, 2.45) is 11.7 Å². The molecule has 0 spiro atoms. The molecule has 1 heterocycles. The number of benzene rings is 2. The van der Waals surface area contributed by atoms with Crippen LogP contribution in [-0.2, 0) is 20.8 Å². The number of halogens is 1. The van der Waals surface area contributed by atoms with Gasteiger partial charge in [-0.3, -0.25) is 19.3 Å². The van der Waals surface area contributed by atoms with Crippen LogP contribution in [0.4, 0.5) is 10.1 Å². The van der Waals surface area contributed by atoms with Crippen LogP contribution in [0.1, 0.15) is 5.56 Å². The summed E-state index contributed by atoms with van der Waals surface area (Å²) in [5.74, 6) is -1.81. The Labute approximate surface area is 161 Å². The highest BCUT2D eigenvalue weighted by molar-refractivity contribution is 6.02. The second-order valence-electron chi connectivity index (χ2n) is 6.47. The van der Waals surface area contributed by atoms with E-state index >= 15 is 0 Å². The van der Waals surface area contributed by atoms with Crippen LogP contribution >= 0.6 is 0 Å². The molecule has 3 N–H and O–H groups in total. The normalized spacial score (nSPS) is 14.0. The summed E-state index contributed by atoms with van der Waals surface area (Å²) >= 11 is 0. The molecule has 0 aromatic heterocycles. The number of ether oxygens (including phenoxy) is 1. The molecule has 1 aliphatic rings. The summed E-state index contributed by atoms with van der Waals surface area (Å²) in [6.45, 7) is -0.314. The first-order chi connectivity index (χ1) is 13.4. The maximum absolute atomic E-state index is 13.0. The lowest BCUT2D eigenvalue weighted by atomic mass is 9.98. The molecule has 2 aromatic carbocycles. The zero-order chi connectivity index (χ0) is 20.1. The highest BCUT2D eigenvalue weighted by atomic mass is 19.1. The Morgan fingerprint density at radius 2 is 1.89 bits per heavy atom. The number of amides is 3. The number of nitrogens with zero attached hydrogens (tertiary/aromatic N) is 1. The molecular formula is C20H20FN3O4. The Hall–Kier alpha value is -3.42. The van der Waals surface area contributed by atoms with Crippen molar-refractivity contribution >= 4 is 23.4 Å². The topological polar surface area (TPSA) is 102 Å². The molecule has 1 atom stereocenters. The van der Waals surface area contributed by atoms with Gasteiger partial charge in [-0.2, -0.15) is 0 Å². The van der Waals surface area contributed by atoms with Crippen LogP contribution < -0.4 is 20.7 Å². The maximum atomic E-state index is 13.0. The Morgan fingerprint density at radius 3 is 2.61 bits per heavy atom. The molecule has 28 heavy (non-hydrogen) atoms. The van der Waals surface area contributed by atoms with Gasteiger partial charge in [0.1, 0.15) is 18.1 Å². The van der Waals surface area contributed by atoms with E-state index in [0.717, 1.165) is 5.56 Å². The zero-order valence-corrected chi connectivity index (χ0v) is 15.1. The summed E-state index contributed by atoms with van der Waals surface area (Å²) in [4.78, 5) is 37.5. The third-order valence-corrected chi connectivity index (χ3v) is 4.45. The standard InChI is InChI=1S/C20H20FN3O4/c21-15-7-5-13(6-8-15)9-14(20(22)27)10-23-18(25)11-24-16-3-1-2-4-17(16)28-12-19(24)26/h1-8,14H,9-12H2,(H2,22,27)(H,23,25). The molecule has 8 heteroatoms. The van der Waals surface area contributed by atoms with Crippen LogP contribution in [0.25, 0.3) is 0 Å². The SMILES string of the molecule is NC(=O)C(CNC(=O)CN1C(=O)COc2ccccc21)Cc1ccc(F)cc1. The number of carbonyl (C=O) groups is 3. The molecule has 3 rings (SSSR count). The van der Waals surface area contributed by atoms with E-state index in [-0.39, 0.29) is 37.8 Å². The van der Waals surface area contributed by atoms with Crippen LogP contribution in [0.5, 0.6) is 5.75 Å². The average molecular weight is 385 g/mol. The highest BCUT2D eigenvalue weighted by Gasteiger charge is 2.27. The van der Waals surface area contributed by atoms with Crippen LogP contribution in [0, 0.1) is 11.7 Å². The fourth-order valence-electron chi connectivity index (χ4n) is 2.94. The fourth-order valence-corrected chi connectivity index (χ4v) is 2.94. The van der Waals surface area contributed by atoms with E-state index in [1.54, 1.807) is 36.4 Å². The van der Waals surface area contributed by atoms with Crippen molar-refractivity contribution in [3.63, 3.8) is 0 Å². The summed E-state index contributed by atoms with van der Waals surface area (Å²) < 4.78 is 18.3. The quantitative estimate of drug-likeness (QED) is 0.743. The lowest BCUT2D eigenvalue weighted by Crippen LogP contribution is -2.46. The summed E-state index contributed by atoms with van der Waals surface area (Å²) in [5, 5.41) is 2.65. The van der Waals surface area contributed by atoms with Gasteiger partial charge in [0, 0.05) is 6.54 Å². The van der Waals surface area contributed by atoms with Crippen molar-refractivity contribution in [3.05, 3.63) is 59.9 Å². The van der Waals surface area contributed by atoms with Gasteiger partial charge >= 0.3 is 0 Å². The number of hydrogen-bond acceptors (Lipinski definition) is 4. The molecule has 0 aliphatic carbocycles. The number of anilines is 1. The van der Waals surface area contributed by atoms with E-state index in [9.17, 15) is 18.8 Å². The minimum Gasteiger partial charge on any atom is -0.482 e. The van der Waals surface area contributed by atoms with E-state index in [4.69, 9.17) is 10.5 Å². The molecule has 2 aromatic rings. The summed E-state index contributed by atoms with van der Waals surface area (Å²) in [5.41, 5.74) is 6.68. The van der Waals surface area contributed by atoms with Gasteiger partial charge in [-0.1, -0.05) is 24.3 Å². The predicted octanol–water partition coefficient (Wildman–Crippen LogP) is 1.01. The Kier molecular flexibility index (Phi) is 5.88. The van der Waals surface area contributed by atoms with E-state index in [2.05, 4.69) is 5.32 Å². The number of nitrogens with one attached hydrogen (secondary N) is 1. The molecule has 7 nitrogen and oxygen atoms in total. The number of rotatable bonds is 7. The number of para-hydroxylation sites is 2. The van der Waals surface area contributed by atoms with Crippen molar-refractivity contribution in [3.8, 4) is 5.75 Å². The first kappa shape index (κ1) is 19.3. The van der Waals surface area contributed by atoms with Crippen molar-refractivity contribution in [2.75, 3.05) is 24.6 Å². The molecular weight excluding hydrogens is 365 g/mol. The molecule has 146 valence electrons. The minimum atomic E-state index is -0.651. The minimum absolute atomic E-state index is 0.0196. The number of carbonyl (C=O) groups excluding carboxylic acids is 3. The first-order valence-corrected chi connectivity index (χ1v) is 8.76. The van der Waals surface area contributed by atoms with Gasteiger partial charge in [0.25, 0.3) is 5.91 Å². The smallest absolute Gasteiger partial charge is 0.265 e. The molecule has 0 bridgehead atoms. The van der Waals surface area contributed by atoms with Crippen molar-refractivity contribution in [2.45, 2.75) is 6.42 Å². The predicted molar refractivity (Wildman–Crippen MR) is 100 cm³/mol. The zero-order valence-electron chi connectivity index (χ0n) is 15.1. The monoisotopic (exact) mass is 385 g/mol. The molecule has 3 amide bonds. The largest absolute Gasteiger partial charge is 0.482 e. The third-order valence-electron chi connectivity index (χ3n) is 4.45. The summed E-state index contributed by atoms with van der Waals surface area (Å²) in [7, 11) is 0. The fraction of sp³-hybridized carbons (Fsp3) is 0.250. The van der Waals surface area contributed by atoms with Gasteiger partial charge in [0.05, 0.1) is 11.6 Å². The third kappa shape index (κ3) is 4.64. The Balaban J connectivity index is 1.60. The first-order valence-electron chi connectivity index (χ1n) is 8.76. The van der Waals surface area contributed by atoms with Crippen molar-refractivity contribution in [1.82, 2.24) is 5.32 Å². The lowest BCUT2D eigenvalue weighted by Gasteiger charge is -2.28. The van der Waals surface area contributed by atoms with Crippen LogP contribution in [0.2, 0.25) is 0 Å². The van der Waals surface area contributed by atoms with Gasteiger partial charge in [0.2, 0.25) is 11.8 Å². The summed E-state index contributed by atoms with van der Waals surface area (Å²) in [6, 6.07) is 12.7. The van der Waals surface area contributed by atoms with Gasteiger partial charge < -0.3 is 15.8 Å². The van der Waals surface area contributed by atoms with Crippen LogP contribution in [0.15, 0.2) is 48.5 Å². The van der Waals surface area contributed by atoms with Gasteiger partial charge in [-0.05, 0) is 36.2 Å². The van der Waals surface area contributed by atoms with E-state index in [0.29, 0.717) is 11.4 Å². The van der Waals surface area contributed by atoms with Gasteiger partial charge in [0.15, 0.2) is 6.61 Å². The maximum Gasteiger partial charge on any atom is 0.265 e. The molecule has 1 aliphatic heterocycles. The van der Waals surface area contributed by atoms with Crippen molar-refractivity contribution < 1.29 is 23.5 Å². The molecule has 0 saturated carbocycles. The molecule has 0 fully saturated rings. The van der Waals surface area contributed by atoms with Crippen LogP contribution in [-0.4, -0.2) is 37.4 Å². The second kappa shape index (κ2) is 8.51. The Bertz CT molecular complexity index is 885. The van der Waals surface area contributed by atoms with Crippen molar-refractivity contribution in [1.29, 1.82) is 0 Å². The number of nitrogens with two attached hydrogens (primary N) is 1. The van der Waals surface area contributed by atoms with E-state index in [1.165, 1.54) is 17.0 Å². The Morgan fingerprint density at radius 1 is 1.18 bits per heavy atom. The average Bonchev–Trinajstić information content (AvgIpc) is 2.68. The van der Waals surface area contributed by atoms with E-state index in [1.807, 2.05) is 0 Å². The van der Waals surface area contributed by atoms with E-state index < -0.39 is 17.7 Å².